The van der Waals surface area contributed by atoms with Gasteiger partial charge >= 0.3 is 0 Å². The predicted octanol–water partition coefficient (Wildman–Crippen LogP) is 8.58. The quantitative estimate of drug-likeness (QED) is 0.288. The van der Waals surface area contributed by atoms with Crippen LogP contribution in [0.2, 0.25) is 0 Å². The third-order valence-corrected chi connectivity index (χ3v) is 3.95. The highest BCUT2D eigenvalue weighted by atomic mass is 16.5. The van der Waals surface area contributed by atoms with E-state index in [-0.39, 0.29) is 6.61 Å². The highest BCUT2D eigenvalue weighted by Crippen LogP contribution is 2.26. The van der Waals surface area contributed by atoms with Crippen molar-refractivity contribution in [3.63, 3.8) is 0 Å². The molecule has 0 bridgehead atoms. The molecule has 0 unspecified atom stereocenters. The van der Waals surface area contributed by atoms with Gasteiger partial charge in [-0.25, -0.2) is 0 Å². The number of hydrogen-bond acceptors (Lipinski definition) is 5. The maximum Gasteiger partial charge on any atom is 0.141 e. The number of nitrogens with two attached hydrogens (primary N) is 1. The van der Waals surface area contributed by atoms with Crippen molar-refractivity contribution < 1.29 is 14.6 Å². The Morgan fingerprint density at radius 2 is 1.16 bits per heavy atom. The van der Waals surface area contributed by atoms with E-state index in [2.05, 4.69) is 43.4 Å². The number of aliphatic hydroxyl groups is 1. The fourth-order valence-electron chi connectivity index (χ4n) is 2.21. The van der Waals surface area contributed by atoms with E-state index in [0.717, 1.165) is 17.2 Å². The van der Waals surface area contributed by atoms with Crippen LogP contribution in [0.15, 0.2) is 78.9 Å². The number of aliphatic hydroxyl groups excluding tert-OH is 1. The van der Waals surface area contributed by atoms with Crippen molar-refractivity contribution in [2.24, 2.45) is 5.73 Å². The van der Waals surface area contributed by atoms with Crippen LogP contribution in [0.25, 0.3) is 11.1 Å². The number of carbonyl (C=O) groups is 1. The van der Waals surface area contributed by atoms with E-state index in [4.69, 9.17) is 15.6 Å². The molecule has 4 N–H and O–H groups in total. The first kappa shape index (κ1) is 38.4. The monoisotopic (exact) mass is 512 g/mol. The van der Waals surface area contributed by atoms with Gasteiger partial charge in [0.2, 0.25) is 0 Å². The topological polar surface area (TPSA) is 84.6 Å². The Balaban J connectivity index is -0.000000606. The largest absolute Gasteiger partial charge is 0.457 e. The van der Waals surface area contributed by atoms with Crippen LogP contribution in [-0.2, 0) is 4.79 Å². The SMILES string of the molecule is CC.CC.CC.CCC.CNc1ccc(Oc2ccc(-c3ccccc3)cc2)cc1.C[C@@](N)(C=O)CO. The average Bonchev–Trinajstić information content (AvgIpc) is 2.98. The van der Waals surface area contributed by atoms with E-state index < -0.39 is 5.54 Å². The molecule has 0 fully saturated rings. The van der Waals surface area contributed by atoms with Gasteiger partial charge in [0, 0.05) is 12.7 Å². The first-order chi connectivity index (χ1) is 17.9. The Morgan fingerprint density at radius 3 is 1.49 bits per heavy atom. The Labute approximate surface area is 227 Å². The van der Waals surface area contributed by atoms with Gasteiger partial charge in [0.25, 0.3) is 0 Å². The zero-order valence-corrected chi connectivity index (χ0v) is 24.8. The molecule has 0 aliphatic heterocycles. The van der Waals surface area contributed by atoms with Crippen LogP contribution in [-0.4, -0.2) is 30.6 Å². The van der Waals surface area contributed by atoms with E-state index in [1.807, 2.05) is 103 Å². The van der Waals surface area contributed by atoms with Crippen LogP contribution < -0.4 is 15.8 Å². The summed E-state index contributed by atoms with van der Waals surface area (Å²) in [5.41, 5.74) is 7.53. The molecule has 3 rings (SSSR count). The maximum atomic E-state index is 9.77. The summed E-state index contributed by atoms with van der Waals surface area (Å²) in [6, 6.07) is 26.4. The van der Waals surface area contributed by atoms with Crippen LogP contribution >= 0.6 is 0 Å². The number of rotatable bonds is 6. The normalized spacial score (nSPS) is 10.2. The molecular weight excluding hydrogens is 460 g/mol. The molecule has 0 heterocycles. The zero-order chi connectivity index (χ0) is 29.1. The molecular formula is C32H52N2O3. The summed E-state index contributed by atoms with van der Waals surface area (Å²) in [6.45, 7) is 17.4. The molecule has 208 valence electrons. The lowest BCUT2D eigenvalue weighted by Gasteiger charge is -2.10. The van der Waals surface area contributed by atoms with Gasteiger partial charge in [-0.2, -0.15) is 0 Å². The number of hydrogen-bond donors (Lipinski definition) is 3. The van der Waals surface area contributed by atoms with E-state index in [9.17, 15) is 4.79 Å². The van der Waals surface area contributed by atoms with Gasteiger partial charge in [-0.3, -0.25) is 0 Å². The lowest BCUT2D eigenvalue weighted by molar-refractivity contribution is -0.112. The minimum Gasteiger partial charge on any atom is -0.457 e. The van der Waals surface area contributed by atoms with Crippen molar-refractivity contribution >= 4 is 12.0 Å². The molecule has 1 atom stereocenters. The van der Waals surface area contributed by atoms with Crippen molar-refractivity contribution in [1.29, 1.82) is 0 Å². The van der Waals surface area contributed by atoms with E-state index in [1.54, 1.807) is 0 Å². The number of aldehydes is 1. The van der Waals surface area contributed by atoms with Crippen molar-refractivity contribution in [2.75, 3.05) is 19.0 Å². The summed E-state index contributed by atoms with van der Waals surface area (Å²) in [7, 11) is 1.90. The lowest BCUT2D eigenvalue weighted by Crippen LogP contribution is -2.41. The van der Waals surface area contributed by atoms with E-state index in [0.29, 0.717) is 6.29 Å². The first-order valence-electron chi connectivity index (χ1n) is 13.4. The van der Waals surface area contributed by atoms with Gasteiger partial charge < -0.3 is 25.7 Å². The standard InChI is InChI=1S/C19H17NO.C4H9NO2.C3H8.3C2H6/c1-20-17-9-13-19(14-10-17)21-18-11-7-16(8-12-18)15-5-3-2-4-6-15;1-4(5,2-6)3-7;1-3-2;3*1-2/h2-14,20H,1H3;2,7H,3,5H2,1H3;3H2,1-2H3;3*1-2H3/t;4-;;;;/m.1..../s1. The van der Waals surface area contributed by atoms with Gasteiger partial charge in [0.15, 0.2) is 0 Å². The second kappa shape index (κ2) is 25.9. The minimum atomic E-state index is -1.04. The number of benzene rings is 3. The van der Waals surface area contributed by atoms with Crippen LogP contribution in [0.1, 0.15) is 68.7 Å². The molecule has 0 amide bonds. The summed E-state index contributed by atoms with van der Waals surface area (Å²) < 4.78 is 5.84. The fourth-order valence-corrected chi connectivity index (χ4v) is 2.21. The molecule has 0 spiro atoms. The second-order valence-electron chi connectivity index (χ2n) is 7.26. The van der Waals surface area contributed by atoms with Crippen molar-refractivity contribution in [2.45, 2.75) is 74.3 Å². The summed E-state index contributed by atoms with van der Waals surface area (Å²) in [6.07, 6.45) is 1.77. The smallest absolute Gasteiger partial charge is 0.141 e. The molecule has 0 saturated carbocycles. The number of nitrogens with one attached hydrogen (secondary N) is 1. The number of anilines is 1. The molecule has 0 radical (unpaired) electrons. The molecule has 37 heavy (non-hydrogen) atoms. The first-order valence-corrected chi connectivity index (χ1v) is 13.4. The van der Waals surface area contributed by atoms with E-state index in [1.165, 1.54) is 24.5 Å². The van der Waals surface area contributed by atoms with Gasteiger partial charge in [-0.1, -0.05) is 104 Å². The molecule has 3 aromatic rings. The molecule has 3 aromatic carbocycles. The molecule has 0 aromatic heterocycles. The second-order valence-corrected chi connectivity index (χ2v) is 7.26. The summed E-state index contributed by atoms with van der Waals surface area (Å²) >= 11 is 0. The van der Waals surface area contributed by atoms with Crippen molar-refractivity contribution in [3.05, 3.63) is 78.9 Å². The molecule has 0 aliphatic carbocycles. The van der Waals surface area contributed by atoms with Crippen LogP contribution in [0, 0.1) is 0 Å². The van der Waals surface area contributed by atoms with E-state index >= 15 is 0 Å². The Hall–Kier alpha value is -3.15. The minimum absolute atomic E-state index is 0.295. The van der Waals surface area contributed by atoms with Crippen LogP contribution in [0.4, 0.5) is 5.69 Å². The molecule has 0 aliphatic rings. The molecule has 5 heteroatoms. The van der Waals surface area contributed by atoms with Gasteiger partial charge in [0.05, 0.1) is 12.1 Å². The Bertz CT molecular complexity index is 863. The zero-order valence-electron chi connectivity index (χ0n) is 24.8. The Kier molecular flexibility index (Phi) is 26.9. The lowest BCUT2D eigenvalue weighted by atomic mass is 10.1. The maximum absolute atomic E-state index is 9.77. The van der Waals surface area contributed by atoms with Gasteiger partial charge in [-0.15, -0.1) is 0 Å². The van der Waals surface area contributed by atoms with Crippen molar-refractivity contribution in [3.8, 4) is 22.6 Å². The summed E-state index contributed by atoms with van der Waals surface area (Å²) in [5.74, 6) is 1.67. The average molecular weight is 513 g/mol. The summed E-state index contributed by atoms with van der Waals surface area (Å²) in [4.78, 5) is 9.77. The third kappa shape index (κ3) is 18.7. The molecule has 0 saturated heterocycles. The number of carbonyl (C=O) groups excluding carboxylic acids is 1. The highest BCUT2D eigenvalue weighted by molar-refractivity contribution is 5.64. The van der Waals surface area contributed by atoms with Crippen molar-refractivity contribution in [1.82, 2.24) is 0 Å². The van der Waals surface area contributed by atoms with Gasteiger partial charge in [0.1, 0.15) is 17.8 Å². The fraction of sp³-hybridized carbons (Fsp3) is 0.406. The van der Waals surface area contributed by atoms with Crippen LogP contribution in [0.5, 0.6) is 11.5 Å². The van der Waals surface area contributed by atoms with Gasteiger partial charge in [-0.05, 0) is 54.4 Å². The number of ether oxygens (including phenoxy) is 1. The Morgan fingerprint density at radius 1 is 0.784 bits per heavy atom. The molecule has 5 nitrogen and oxygen atoms in total. The third-order valence-electron chi connectivity index (χ3n) is 3.95. The summed E-state index contributed by atoms with van der Waals surface area (Å²) in [5, 5.41) is 11.3. The van der Waals surface area contributed by atoms with Crippen LogP contribution in [0.3, 0.4) is 0 Å². The predicted molar refractivity (Wildman–Crippen MR) is 164 cm³/mol. The highest BCUT2D eigenvalue weighted by Gasteiger charge is 2.13.